The highest BCUT2D eigenvalue weighted by atomic mass is 127. The van der Waals surface area contributed by atoms with E-state index in [1.807, 2.05) is 48.5 Å². The molecule has 0 aromatic heterocycles. The van der Waals surface area contributed by atoms with Gasteiger partial charge >= 0.3 is 0 Å². The van der Waals surface area contributed by atoms with Gasteiger partial charge in [-0.05, 0) is 119 Å². The molecule has 14 nitrogen and oxygen atoms in total. The summed E-state index contributed by atoms with van der Waals surface area (Å²) in [6.45, 7) is 1.92. The van der Waals surface area contributed by atoms with Crippen molar-refractivity contribution in [1.29, 1.82) is 0 Å². The van der Waals surface area contributed by atoms with Crippen LogP contribution in [0.1, 0.15) is 50.2 Å². The fourth-order valence-electron chi connectivity index (χ4n) is 4.74. The molecule has 16 heteroatoms. The van der Waals surface area contributed by atoms with Gasteiger partial charge in [0, 0.05) is 33.5 Å². The fraction of sp³-hybridized carbons (Fsp3) is 0.438. The lowest BCUT2D eigenvalue weighted by atomic mass is 10.0. The molecule has 0 aliphatic carbocycles. The summed E-state index contributed by atoms with van der Waals surface area (Å²) in [5, 5.41) is 10.9. The van der Waals surface area contributed by atoms with E-state index >= 15 is 0 Å². The van der Waals surface area contributed by atoms with E-state index in [1.165, 1.54) is 6.92 Å². The van der Waals surface area contributed by atoms with Crippen molar-refractivity contribution < 1.29 is 24.0 Å². The summed E-state index contributed by atoms with van der Waals surface area (Å²) < 4.78 is 1.99. The van der Waals surface area contributed by atoms with E-state index in [2.05, 4.69) is 71.4 Å². The van der Waals surface area contributed by atoms with E-state index in [-0.39, 0.29) is 38.2 Å². The second kappa shape index (κ2) is 21.5. The van der Waals surface area contributed by atoms with Gasteiger partial charge in [-0.25, -0.2) is 0 Å². The third kappa shape index (κ3) is 15.6. The lowest BCUT2D eigenvalue weighted by Crippen LogP contribution is -2.58. The van der Waals surface area contributed by atoms with Gasteiger partial charge in [0.15, 0.2) is 5.96 Å². The van der Waals surface area contributed by atoms with Crippen LogP contribution in [0.15, 0.2) is 53.5 Å². The first-order valence-electron chi connectivity index (χ1n) is 15.5. The molecule has 0 aliphatic heterocycles. The Labute approximate surface area is 308 Å². The zero-order chi connectivity index (χ0) is 35.6. The summed E-state index contributed by atoms with van der Waals surface area (Å²) in [7, 11) is 0. The molecule has 48 heavy (non-hydrogen) atoms. The molecule has 0 radical (unpaired) electrons. The first-order valence-corrected chi connectivity index (χ1v) is 17.7. The van der Waals surface area contributed by atoms with E-state index in [9.17, 15) is 24.0 Å². The average Bonchev–Trinajstić information content (AvgIpc) is 3.02. The molecule has 0 saturated heterocycles. The molecule has 0 fully saturated rings. The number of amides is 5. The van der Waals surface area contributed by atoms with E-state index < -0.39 is 53.7 Å². The van der Waals surface area contributed by atoms with Crippen molar-refractivity contribution in [2.75, 3.05) is 13.1 Å². The van der Waals surface area contributed by atoms with Gasteiger partial charge < -0.3 is 44.2 Å². The normalized spacial score (nSPS) is 13.2. The summed E-state index contributed by atoms with van der Waals surface area (Å²) in [4.78, 5) is 69.2. The van der Waals surface area contributed by atoms with Gasteiger partial charge in [-0.1, -0.05) is 24.3 Å². The Hall–Kier alpha value is -3.52. The summed E-state index contributed by atoms with van der Waals surface area (Å²) in [6, 6.07) is 10.7. The number of nitrogens with zero attached hydrogens (tertiary/aromatic N) is 1. The van der Waals surface area contributed by atoms with Gasteiger partial charge in [0.2, 0.25) is 29.5 Å². The maximum absolute atomic E-state index is 13.9. The largest absolute Gasteiger partial charge is 0.370 e. The third-order valence-corrected chi connectivity index (χ3v) is 8.66. The molecule has 4 atom stereocenters. The van der Waals surface area contributed by atoms with Gasteiger partial charge in [0.05, 0.1) is 0 Å². The summed E-state index contributed by atoms with van der Waals surface area (Å²) >= 11 is 4.33. The third-order valence-electron chi connectivity index (χ3n) is 7.22. The molecule has 5 amide bonds. The number of unbranched alkanes of at least 4 members (excludes halogenated alkanes) is 1. The van der Waals surface area contributed by atoms with Crippen LogP contribution in [0, 0.1) is 7.14 Å². The maximum atomic E-state index is 13.9. The molecule has 2 aromatic rings. The average molecular weight is 890 g/mol. The Balaban J connectivity index is 2.35. The number of nitrogens with two attached hydrogens (primary N) is 4. The molecular formula is C32H45I2N9O5. The molecule has 0 aliphatic rings. The Kier molecular flexibility index (Phi) is 18.2. The molecule has 262 valence electrons. The van der Waals surface area contributed by atoms with Crippen molar-refractivity contribution in [3.63, 3.8) is 0 Å². The SMILES string of the molecule is CC(=O)N[C@H](Cc1ccc(I)cc1)C(=O)N[C@@H](CCCN=C(N)N)C(=O)N[C@H](Cc1ccc(I)cc1)C(=O)N[C@H](CCCCN)C(N)=O. The minimum Gasteiger partial charge on any atom is -0.370 e. The monoisotopic (exact) mass is 889 g/mol. The number of carbonyl (C=O) groups excluding carboxylic acids is 5. The van der Waals surface area contributed by atoms with E-state index in [0.29, 0.717) is 25.8 Å². The van der Waals surface area contributed by atoms with Crippen LogP contribution in [0.5, 0.6) is 0 Å². The summed E-state index contributed by atoms with van der Waals surface area (Å²) in [6.07, 6.45) is 2.21. The molecule has 2 rings (SSSR count). The summed E-state index contributed by atoms with van der Waals surface area (Å²) in [5.74, 6) is -3.08. The number of benzene rings is 2. The minimum absolute atomic E-state index is 0.0960. The number of rotatable bonds is 20. The molecular weight excluding hydrogens is 844 g/mol. The molecule has 0 heterocycles. The number of hydrogen-bond donors (Lipinski definition) is 8. The van der Waals surface area contributed by atoms with Crippen molar-refractivity contribution in [2.24, 2.45) is 27.9 Å². The van der Waals surface area contributed by atoms with Crippen LogP contribution in [0.4, 0.5) is 0 Å². The van der Waals surface area contributed by atoms with E-state index in [4.69, 9.17) is 22.9 Å². The maximum Gasteiger partial charge on any atom is 0.243 e. The lowest BCUT2D eigenvalue weighted by Gasteiger charge is -2.26. The van der Waals surface area contributed by atoms with Crippen molar-refractivity contribution >= 4 is 80.7 Å². The fourth-order valence-corrected chi connectivity index (χ4v) is 5.46. The van der Waals surface area contributed by atoms with Crippen molar-refractivity contribution in [3.05, 3.63) is 66.8 Å². The van der Waals surface area contributed by atoms with Crippen LogP contribution in [0.2, 0.25) is 0 Å². The predicted molar refractivity (Wildman–Crippen MR) is 201 cm³/mol. The number of halogens is 2. The molecule has 12 N–H and O–H groups in total. The van der Waals surface area contributed by atoms with Crippen LogP contribution >= 0.6 is 45.2 Å². The molecule has 0 spiro atoms. The van der Waals surface area contributed by atoms with Gasteiger partial charge in [0.25, 0.3) is 0 Å². The molecule has 2 aromatic carbocycles. The number of aliphatic imine (C=N–C) groups is 1. The number of primary amides is 1. The van der Waals surface area contributed by atoms with Crippen molar-refractivity contribution in [1.82, 2.24) is 21.3 Å². The van der Waals surface area contributed by atoms with Crippen LogP contribution in [-0.4, -0.2) is 72.8 Å². The van der Waals surface area contributed by atoms with E-state index in [0.717, 1.165) is 18.3 Å². The van der Waals surface area contributed by atoms with Gasteiger partial charge in [-0.15, -0.1) is 0 Å². The highest BCUT2D eigenvalue weighted by Gasteiger charge is 2.31. The Bertz CT molecular complexity index is 1400. The highest BCUT2D eigenvalue weighted by Crippen LogP contribution is 2.12. The second-order valence-corrected chi connectivity index (χ2v) is 13.7. The first kappa shape index (κ1) is 40.7. The van der Waals surface area contributed by atoms with Crippen LogP contribution in [-0.2, 0) is 36.8 Å². The molecule has 0 unspecified atom stereocenters. The zero-order valence-electron chi connectivity index (χ0n) is 26.8. The van der Waals surface area contributed by atoms with Gasteiger partial charge in [0.1, 0.15) is 24.2 Å². The van der Waals surface area contributed by atoms with Crippen molar-refractivity contribution in [3.8, 4) is 0 Å². The lowest BCUT2D eigenvalue weighted by molar-refractivity contribution is -0.134. The topological polar surface area (TPSA) is 250 Å². The van der Waals surface area contributed by atoms with E-state index in [1.54, 1.807) is 0 Å². The first-order chi connectivity index (χ1) is 22.8. The van der Waals surface area contributed by atoms with Crippen molar-refractivity contribution in [2.45, 2.75) is 76.0 Å². The number of nitrogens with one attached hydrogen (secondary N) is 4. The number of guanidine groups is 1. The predicted octanol–water partition coefficient (Wildman–Crippen LogP) is 0.308. The second-order valence-electron chi connectivity index (χ2n) is 11.2. The van der Waals surface area contributed by atoms with Crippen LogP contribution in [0.25, 0.3) is 0 Å². The smallest absolute Gasteiger partial charge is 0.243 e. The standard InChI is InChI=1S/C32H45I2N9O5/c1-19(44)40-26(17-20-7-11-22(33)12-8-20)30(47)42-25(6-4-16-39-32(37)38)29(46)43-27(18-21-9-13-23(34)14-10-21)31(48)41-24(28(36)45)5-2-3-15-35/h7-14,24-27H,2-6,15-18,35H2,1H3,(H2,36,45)(H,40,44)(H,41,48)(H,42,47)(H,43,46)(H4,37,38,39)/t24-,25+,26-,27-/m1/s1. The number of hydrogen-bond acceptors (Lipinski definition) is 7. The Morgan fingerprint density at radius 3 is 1.54 bits per heavy atom. The Morgan fingerprint density at radius 1 is 0.646 bits per heavy atom. The Morgan fingerprint density at radius 2 is 1.08 bits per heavy atom. The van der Waals surface area contributed by atoms with Gasteiger partial charge in [-0.2, -0.15) is 0 Å². The van der Waals surface area contributed by atoms with Gasteiger partial charge in [-0.3, -0.25) is 29.0 Å². The number of carbonyl (C=O) groups is 5. The van der Waals surface area contributed by atoms with Crippen LogP contribution in [0.3, 0.4) is 0 Å². The molecule has 0 bridgehead atoms. The summed E-state index contributed by atoms with van der Waals surface area (Å²) in [5.41, 5.74) is 23.6. The highest BCUT2D eigenvalue weighted by molar-refractivity contribution is 14.1. The minimum atomic E-state index is -1.12. The zero-order valence-corrected chi connectivity index (χ0v) is 31.2. The quantitative estimate of drug-likeness (QED) is 0.0397. The molecule has 0 saturated carbocycles. The van der Waals surface area contributed by atoms with Crippen LogP contribution < -0.4 is 44.2 Å².